The van der Waals surface area contributed by atoms with E-state index >= 15 is 0 Å². The highest BCUT2D eigenvalue weighted by atomic mass is 35.5. The standard InChI is InChI=1S/C16H19N3O.ClH/c17-16(9-3-4-10-16)15-18-14(20-19-15)13-8-7-11-5-1-2-6-12(11)13;/h1-2,5-6,13H,3-4,7-10,17H2;1H. The number of nitrogens with two attached hydrogens (primary N) is 1. The lowest BCUT2D eigenvalue weighted by Gasteiger charge is -2.17. The van der Waals surface area contributed by atoms with Gasteiger partial charge in [-0.15, -0.1) is 12.4 Å². The van der Waals surface area contributed by atoms with Crippen molar-refractivity contribution in [2.75, 3.05) is 0 Å². The molecule has 1 unspecified atom stereocenters. The topological polar surface area (TPSA) is 64.9 Å². The Morgan fingerprint density at radius 2 is 1.95 bits per heavy atom. The smallest absolute Gasteiger partial charge is 0.234 e. The Labute approximate surface area is 130 Å². The van der Waals surface area contributed by atoms with Gasteiger partial charge in [0.05, 0.1) is 11.5 Å². The third-order valence-electron chi connectivity index (χ3n) is 4.81. The van der Waals surface area contributed by atoms with Crippen LogP contribution >= 0.6 is 12.4 Å². The third-order valence-corrected chi connectivity index (χ3v) is 4.81. The first-order chi connectivity index (χ1) is 9.76. The number of aromatic nitrogens is 2. The molecule has 1 heterocycles. The van der Waals surface area contributed by atoms with Crippen molar-refractivity contribution in [1.29, 1.82) is 0 Å². The molecule has 2 aliphatic carbocycles. The lowest BCUT2D eigenvalue weighted by Crippen LogP contribution is -2.34. The number of nitrogens with zero attached hydrogens (tertiary/aromatic N) is 2. The van der Waals surface area contributed by atoms with E-state index < -0.39 is 0 Å². The summed E-state index contributed by atoms with van der Waals surface area (Å²) in [7, 11) is 0. The Morgan fingerprint density at radius 3 is 2.76 bits per heavy atom. The van der Waals surface area contributed by atoms with Gasteiger partial charge >= 0.3 is 0 Å². The van der Waals surface area contributed by atoms with Crippen LogP contribution in [-0.4, -0.2) is 10.1 Å². The minimum Gasteiger partial charge on any atom is -0.339 e. The van der Waals surface area contributed by atoms with Crippen LogP contribution in [-0.2, 0) is 12.0 Å². The highest BCUT2D eigenvalue weighted by Crippen LogP contribution is 2.39. The van der Waals surface area contributed by atoms with Crippen molar-refractivity contribution < 1.29 is 4.52 Å². The molecule has 112 valence electrons. The van der Waals surface area contributed by atoms with Gasteiger partial charge in [0.1, 0.15) is 0 Å². The van der Waals surface area contributed by atoms with E-state index in [2.05, 4.69) is 34.4 Å². The van der Waals surface area contributed by atoms with E-state index in [4.69, 9.17) is 10.3 Å². The third kappa shape index (κ3) is 2.36. The summed E-state index contributed by atoms with van der Waals surface area (Å²) in [4.78, 5) is 4.64. The van der Waals surface area contributed by atoms with Crippen molar-refractivity contribution in [2.24, 2.45) is 5.73 Å². The highest BCUT2D eigenvalue weighted by molar-refractivity contribution is 5.85. The molecule has 2 aliphatic rings. The van der Waals surface area contributed by atoms with Crippen LogP contribution in [0.25, 0.3) is 0 Å². The lowest BCUT2D eigenvalue weighted by atomic mass is 9.98. The molecule has 5 heteroatoms. The SMILES string of the molecule is Cl.NC1(c2noc(C3CCc4ccccc43)n2)CCCC1. The van der Waals surface area contributed by atoms with E-state index in [0.717, 1.165) is 44.4 Å². The van der Waals surface area contributed by atoms with Crippen LogP contribution < -0.4 is 5.73 Å². The molecule has 1 aromatic carbocycles. The van der Waals surface area contributed by atoms with Crippen molar-refractivity contribution in [3.05, 3.63) is 47.1 Å². The fraction of sp³-hybridized carbons (Fsp3) is 0.500. The quantitative estimate of drug-likeness (QED) is 0.924. The first-order valence-corrected chi connectivity index (χ1v) is 7.47. The summed E-state index contributed by atoms with van der Waals surface area (Å²) < 4.78 is 5.54. The van der Waals surface area contributed by atoms with Crippen LogP contribution in [0.5, 0.6) is 0 Å². The van der Waals surface area contributed by atoms with Gasteiger partial charge in [0.15, 0.2) is 5.82 Å². The molecular formula is C16H20ClN3O. The molecular weight excluding hydrogens is 286 g/mol. The Hall–Kier alpha value is -1.39. The summed E-state index contributed by atoms with van der Waals surface area (Å²) in [5.74, 6) is 1.69. The van der Waals surface area contributed by atoms with Crippen LogP contribution in [0.1, 0.15) is 60.9 Å². The van der Waals surface area contributed by atoms with E-state index in [1.807, 2.05) is 0 Å². The van der Waals surface area contributed by atoms with E-state index in [0.29, 0.717) is 5.82 Å². The molecule has 2 N–H and O–H groups in total. The van der Waals surface area contributed by atoms with Crippen molar-refractivity contribution >= 4 is 12.4 Å². The Kier molecular flexibility index (Phi) is 3.76. The van der Waals surface area contributed by atoms with E-state index in [1.54, 1.807) is 0 Å². The van der Waals surface area contributed by atoms with Gasteiger partial charge < -0.3 is 10.3 Å². The zero-order valence-corrected chi connectivity index (χ0v) is 12.7. The van der Waals surface area contributed by atoms with Gasteiger partial charge in [-0.2, -0.15) is 4.98 Å². The minimum atomic E-state index is -0.361. The second kappa shape index (κ2) is 5.43. The number of fused-ring (bicyclic) bond motifs is 1. The first-order valence-electron chi connectivity index (χ1n) is 7.47. The van der Waals surface area contributed by atoms with Crippen LogP contribution in [0.2, 0.25) is 0 Å². The lowest BCUT2D eigenvalue weighted by molar-refractivity contribution is 0.341. The summed E-state index contributed by atoms with van der Waals surface area (Å²) in [6, 6.07) is 8.53. The summed E-state index contributed by atoms with van der Waals surface area (Å²) >= 11 is 0. The van der Waals surface area contributed by atoms with Gasteiger partial charge in [-0.3, -0.25) is 0 Å². The average Bonchev–Trinajstić information content (AvgIpc) is 3.16. The number of hydrogen-bond donors (Lipinski definition) is 1. The fourth-order valence-corrected chi connectivity index (χ4v) is 3.62. The molecule has 0 spiro atoms. The Balaban J connectivity index is 0.00000132. The fourth-order valence-electron chi connectivity index (χ4n) is 3.62. The van der Waals surface area contributed by atoms with E-state index in [-0.39, 0.29) is 23.9 Å². The molecule has 0 saturated heterocycles. The molecule has 4 nitrogen and oxygen atoms in total. The average molecular weight is 306 g/mol. The van der Waals surface area contributed by atoms with Crippen LogP contribution in [0, 0.1) is 0 Å². The maximum absolute atomic E-state index is 6.40. The van der Waals surface area contributed by atoms with E-state index in [9.17, 15) is 0 Å². The molecule has 1 saturated carbocycles. The predicted molar refractivity (Wildman–Crippen MR) is 82.5 cm³/mol. The summed E-state index contributed by atoms with van der Waals surface area (Å²) in [6.07, 6.45) is 6.39. The Morgan fingerprint density at radius 1 is 1.19 bits per heavy atom. The molecule has 2 aromatic rings. The molecule has 0 bridgehead atoms. The Bertz CT molecular complexity index is 634. The van der Waals surface area contributed by atoms with Crippen molar-refractivity contribution in [1.82, 2.24) is 10.1 Å². The summed E-state index contributed by atoms with van der Waals surface area (Å²) in [5, 5.41) is 4.18. The maximum atomic E-state index is 6.40. The van der Waals surface area contributed by atoms with Gasteiger partial charge in [-0.1, -0.05) is 42.3 Å². The molecule has 0 amide bonds. The number of rotatable bonds is 2. The summed E-state index contributed by atoms with van der Waals surface area (Å²) in [5.41, 5.74) is 8.78. The van der Waals surface area contributed by atoms with Crippen LogP contribution in [0.4, 0.5) is 0 Å². The largest absolute Gasteiger partial charge is 0.339 e. The van der Waals surface area contributed by atoms with Gasteiger partial charge in [-0.25, -0.2) is 0 Å². The van der Waals surface area contributed by atoms with Gasteiger partial charge in [0, 0.05) is 0 Å². The van der Waals surface area contributed by atoms with Gasteiger partial charge in [0.2, 0.25) is 5.89 Å². The number of halogens is 1. The number of benzene rings is 1. The molecule has 1 atom stereocenters. The number of aryl methyl sites for hydroxylation is 1. The zero-order valence-electron chi connectivity index (χ0n) is 11.9. The normalized spacial score (nSPS) is 22.8. The molecule has 1 aromatic heterocycles. The summed E-state index contributed by atoms with van der Waals surface area (Å²) in [6.45, 7) is 0. The predicted octanol–water partition coefficient (Wildman–Crippen LogP) is 3.30. The monoisotopic (exact) mass is 305 g/mol. The van der Waals surface area contributed by atoms with Gasteiger partial charge in [0.25, 0.3) is 0 Å². The molecule has 4 rings (SSSR count). The highest BCUT2D eigenvalue weighted by Gasteiger charge is 2.37. The zero-order chi connectivity index (χ0) is 13.6. The van der Waals surface area contributed by atoms with Crippen molar-refractivity contribution in [2.45, 2.75) is 50.0 Å². The molecule has 0 radical (unpaired) electrons. The van der Waals surface area contributed by atoms with Gasteiger partial charge in [-0.05, 0) is 36.8 Å². The van der Waals surface area contributed by atoms with Crippen LogP contribution in [0.15, 0.2) is 28.8 Å². The number of hydrogen-bond acceptors (Lipinski definition) is 4. The van der Waals surface area contributed by atoms with E-state index in [1.165, 1.54) is 11.1 Å². The minimum absolute atomic E-state index is 0. The van der Waals surface area contributed by atoms with Crippen LogP contribution in [0.3, 0.4) is 0 Å². The molecule has 21 heavy (non-hydrogen) atoms. The van der Waals surface area contributed by atoms with Crippen molar-refractivity contribution in [3.8, 4) is 0 Å². The molecule has 0 aliphatic heterocycles. The maximum Gasteiger partial charge on any atom is 0.234 e. The first kappa shape index (κ1) is 14.5. The second-order valence-electron chi connectivity index (χ2n) is 6.11. The van der Waals surface area contributed by atoms with Crippen molar-refractivity contribution in [3.63, 3.8) is 0 Å². The second-order valence-corrected chi connectivity index (χ2v) is 6.11. The molecule has 1 fully saturated rings.